The van der Waals surface area contributed by atoms with Gasteiger partial charge in [-0.1, -0.05) is 51.2 Å². The molecule has 0 heterocycles. The van der Waals surface area contributed by atoms with Crippen molar-refractivity contribution >= 4 is 0 Å². The number of rotatable bonds is 8. The van der Waals surface area contributed by atoms with Crippen LogP contribution in [0, 0.1) is 5.92 Å². The fraction of sp³-hybridized carbons (Fsp3) is 0.875. The standard InChI is InChI=1S/C16H30O2/c1-2-3-4-5-6-7-8-9-10-14-11-15(17)13-16(18)12-14/h9-10,14-18H,2-8,11-13H2,1H3/b10-9+/t14-,15+,16?/m0/s1. The first-order valence-corrected chi connectivity index (χ1v) is 7.75. The van der Waals surface area contributed by atoms with Gasteiger partial charge in [0.05, 0.1) is 12.2 Å². The van der Waals surface area contributed by atoms with Gasteiger partial charge >= 0.3 is 0 Å². The van der Waals surface area contributed by atoms with Crippen molar-refractivity contribution in [2.75, 3.05) is 0 Å². The fourth-order valence-corrected chi connectivity index (χ4v) is 2.79. The largest absolute Gasteiger partial charge is 0.393 e. The van der Waals surface area contributed by atoms with E-state index in [4.69, 9.17) is 0 Å². The molecule has 0 radical (unpaired) electrons. The molecular weight excluding hydrogens is 224 g/mol. The van der Waals surface area contributed by atoms with Gasteiger partial charge in [-0.05, 0) is 38.0 Å². The van der Waals surface area contributed by atoms with Gasteiger partial charge in [0.25, 0.3) is 0 Å². The predicted octanol–water partition coefficient (Wildman–Crippen LogP) is 3.82. The summed E-state index contributed by atoms with van der Waals surface area (Å²) in [7, 11) is 0. The number of allylic oxidation sites excluding steroid dienone is 2. The Morgan fingerprint density at radius 2 is 1.50 bits per heavy atom. The molecule has 0 saturated heterocycles. The molecule has 0 aliphatic heterocycles. The molecule has 0 bridgehead atoms. The maximum atomic E-state index is 9.58. The topological polar surface area (TPSA) is 40.5 Å². The Bertz CT molecular complexity index is 215. The monoisotopic (exact) mass is 254 g/mol. The molecular formula is C16H30O2. The second-order valence-corrected chi connectivity index (χ2v) is 5.76. The molecule has 2 N–H and O–H groups in total. The summed E-state index contributed by atoms with van der Waals surface area (Å²) >= 11 is 0. The first-order chi connectivity index (χ1) is 8.72. The highest BCUT2D eigenvalue weighted by Crippen LogP contribution is 2.25. The van der Waals surface area contributed by atoms with E-state index in [0.717, 1.165) is 19.3 Å². The molecule has 18 heavy (non-hydrogen) atoms. The molecule has 2 heteroatoms. The van der Waals surface area contributed by atoms with Crippen LogP contribution in [0.2, 0.25) is 0 Å². The lowest BCUT2D eigenvalue weighted by atomic mass is 9.85. The Kier molecular flexibility index (Phi) is 8.36. The third-order valence-electron chi connectivity index (χ3n) is 3.83. The van der Waals surface area contributed by atoms with E-state index in [1.54, 1.807) is 0 Å². The first kappa shape index (κ1) is 15.7. The summed E-state index contributed by atoms with van der Waals surface area (Å²) in [5.41, 5.74) is 0. The molecule has 1 aliphatic carbocycles. The number of aliphatic hydroxyl groups excluding tert-OH is 2. The summed E-state index contributed by atoms with van der Waals surface area (Å²) in [6, 6.07) is 0. The smallest absolute Gasteiger partial charge is 0.0570 e. The van der Waals surface area contributed by atoms with Crippen LogP contribution in [0.1, 0.15) is 71.1 Å². The third-order valence-corrected chi connectivity index (χ3v) is 3.83. The Morgan fingerprint density at radius 1 is 0.889 bits per heavy atom. The molecule has 1 fully saturated rings. The first-order valence-electron chi connectivity index (χ1n) is 7.75. The molecule has 0 aromatic rings. The number of hydrogen-bond donors (Lipinski definition) is 2. The van der Waals surface area contributed by atoms with Crippen LogP contribution in [0.5, 0.6) is 0 Å². The van der Waals surface area contributed by atoms with Crippen molar-refractivity contribution in [2.24, 2.45) is 5.92 Å². The lowest BCUT2D eigenvalue weighted by molar-refractivity contribution is 0.0244. The van der Waals surface area contributed by atoms with E-state index in [1.807, 2.05) is 0 Å². The number of hydrogen-bond acceptors (Lipinski definition) is 2. The zero-order valence-corrected chi connectivity index (χ0v) is 11.9. The quantitative estimate of drug-likeness (QED) is 0.511. The van der Waals surface area contributed by atoms with Crippen molar-refractivity contribution in [2.45, 2.75) is 83.3 Å². The van der Waals surface area contributed by atoms with Gasteiger partial charge in [-0.15, -0.1) is 0 Å². The third kappa shape index (κ3) is 7.17. The van der Waals surface area contributed by atoms with E-state index in [-0.39, 0.29) is 12.2 Å². The molecule has 1 saturated carbocycles. The summed E-state index contributed by atoms with van der Waals surface area (Å²) in [6.45, 7) is 2.25. The normalized spacial score (nSPS) is 28.9. The SMILES string of the molecule is CCCCCCCC/C=C/[C@@H]1CC(O)C[C@H](O)C1. The molecule has 106 valence electrons. The molecule has 1 aliphatic rings. The zero-order chi connectivity index (χ0) is 13.2. The van der Waals surface area contributed by atoms with E-state index in [1.165, 1.54) is 38.5 Å². The maximum Gasteiger partial charge on any atom is 0.0570 e. The van der Waals surface area contributed by atoms with E-state index in [0.29, 0.717) is 12.3 Å². The molecule has 1 rings (SSSR count). The van der Waals surface area contributed by atoms with Crippen molar-refractivity contribution in [3.05, 3.63) is 12.2 Å². The summed E-state index contributed by atoms with van der Waals surface area (Å²) in [5.74, 6) is 0.379. The van der Waals surface area contributed by atoms with Crippen LogP contribution < -0.4 is 0 Å². The van der Waals surface area contributed by atoms with Gasteiger partial charge in [0.2, 0.25) is 0 Å². The minimum absolute atomic E-state index is 0.308. The van der Waals surface area contributed by atoms with E-state index >= 15 is 0 Å². The van der Waals surface area contributed by atoms with Crippen molar-refractivity contribution in [3.8, 4) is 0 Å². The van der Waals surface area contributed by atoms with E-state index < -0.39 is 0 Å². The van der Waals surface area contributed by atoms with Crippen molar-refractivity contribution in [1.82, 2.24) is 0 Å². The summed E-state index contributed by atoms with van der Waals surface area (Å²) in [5, 5.41) is 19.2. The van der Waals surface area contributed by atoms with Crippen LogP contribution in [-0.2, 0) is 0 Å². The highest BCUT2D eigenvalue weighted by molar-refractivity contribution is 4.93. The number of aliphatic hydroxyl groups is 2. The van der Waals surface area contributed by atoms with Crippen LogP contribution in [0.25, 0.3) is 0 Å². The molecule has 0 spiro atoms. The number of unbranched alkanes of at least 4 members (excludes halogenated alkanes) is 6. The summed E-state index contributed by atoms with van der Waals surface area (Å²) < 4.78 is 0. The Morgan fingerprint density at radius 3 is 2.17 bits per heavy atom. The summed E-state index contributed by atoms with van der Waals surface area (Å²) in [6.07, 6.45) is 15.2. The average molecular weight is 254 g/mol. The van der Waals surface area contributed by atoms with Crippen molar-refractivity contribution < 1.29 is 10.2 Å². The molecule has 0 amide bonds. The van der Waals surface area contributed by atoms with Gasteiger partial charge in [-0.25, -0.2) is 0 Å². The Balaban J connectivity index is 2.02. The lowest BCUT2D eigenvalue weighted by Gasteiger charge is -2.27. The molecule has 0 aromatic carbocycles. The molecule has 2 nitrogen and oxygen atoms in total. The van der Waals surface area contributed by atoms with Gasteiger partial charge in [-0.3, -0.25) is 0 Å². The van der Waals surface area contributed by atoms with Crippen molar-refractivity contribution in [1.29, 1.82) is 0 Å². The zero-order valence-electron chi connectivity index (χ0n) is 11.9. The highest BCUT2D eigenvalue weighted by Gasteiger charge is 2.24. The second kappa shape index (κ2) is 9.57. The average Bonchev–Trinajstić information content (AvgIpc) is 2.31. The lowest BCUT2D eigenvalue weighted by Crippen LogP contribution is -2.28. The summed E-state index contributed by atoms with van der Waals surface area (Å²) in [4.78, 5) is 0. The molecule has 3 atom stereocenters. The van der Waals surface area contributed by atoms with Gasteiger partial charge in [-0.2, -0.15) is 0 Å². The molecule has 0 aromatic heterocycles. The maximum absolute atomic E-state index is 9.58. The van der Waals surface area contributed by atoms with Gasteiger partial charge in [0.15, 0.2) is 0 Å². The fourth-order valence-electron chi connectivity index (χ4n) is 2.79. The van der Waals surface area contributed by atoms with Gasteiger partial charge in [0, 0.05) is 0 Å². The van der Waals surface area contributed by atoms with Crippen molar-refractivity contribution in [3.63, 3.8) is 0 Å². The minimum atomic E-state index is -0.308. The van der Waals surface area contributed by atoms with Gasteiger partial charge < -0.3 is 10.2 Å². The second-order valence-electron chi connectivity index (χ2n) is 5.76. The highest BCUT2D eigenvalue weighted by atomic mass is 16.3. The van der Waals surface area contributed by atoms with E-state index in [2.05, 4.69) is 19.1 Å². The van der Waals surface area contributed by atoms with Crippen LogP contribution in [-0.4, -0.2) is 22.4 Å². The van der Waals surface area contributed by atoms with Crippen LogP contribution in [0.3, 0.4) is 0 Å². The Labute approximate surface area is 112 Å². The van der Waals surface area contributed by atoms with Crippen LogP contribution >= 0.6 is 0 Å². The van der Waals surface area contributed by atoms with Crippen LogP contribution in [0.15, 0.2) is 12.2 Å². The Hall–Kier alpha value is -0.340. The van der Waals surface area contributed by atoms with Gasteiger partial charge in [0.1, 0.15) is 0 Å². The van der Waals surface area contributed by atoms with Crippen LogP contribution in [0.4, 0.5) is 0 Å². The minimum Gasteiger partial charge on any atom is -0.393 e. The predicted molar refractivity (Wildman–Crippen MR) is 76.5 cm³/mol. The molecule has 1 unspecified atom stereocenters. The van der Waals surface area contributed by atoms with E-state index in [9.17, 15) is 10.2 Å².